The molecule has 0 bridgehead atoms. The van der Waals surface area contributed by atoms with Crippen LogP contribution in [-0.4, -0.2) is 58.8 Å². The van der Waals surface area contributed by atoms with Crippen molar-refractivity contribution in [2.45, 2.75) is 82.7 Å². The number of hydrogen-bond donors (Lipinski definition) is 1. The molecule has 7 heteroatoms. The number of thiazole rings is 1. The van der Waals surface area contributed by atoms with Gasteiger partial charge in [-0.2, -0.15) is 0 Å². The number of benzene rings is 1. The molecular formula is C30H40N4O2S. The molecular weight excluding hydrogens is 480 g/mol. The molecule has 4 heterocycles. The molecule has 37 heavy (non-hydrogen) atoms. The maximum Gasteiger partial charge on any atom is 0.228 e. The maximum atomic E-state index is 14.6. The number of nitrogens with one attached hydrogen (secondary N) is 1. The molecule has 4 aliphatic rings. The summed E-state index contributed by atoms with van der Waals surface area (Å²) in [5.41, 5.74) is 2.04. The number of carbonyl (C=O) groups excluding carboxylic acids is 2. The van der Waals surface area contributed by atoms with Crippen molar-refractivity contribution in [1.82, 2.24) is 20.1 Å². The van der Waals surface area contributed by atoms with Gasteiger partial charge in [0.15, 0.2) is 0 Å². The SMILES string of the molecule is CC(=O)N1Cc2nc(C)sc2[C@@]2(CNCC2C(=O)N2CC[C@@H](c3ccccc3)C[C@H]2C2CCCCC2)C1. The van der Waals surface area contributed by atoms with Crippen molar-refractivity contribution in [3.05, 3.63) is 51.5 Å². The lowest BCUT2D eigenvalue weighted by Gasteiger charge is -2.48. The Bertz CT molecular complexity index is 1140. The van der Waals surface area contributed by atoms with Crippen LogP contribution >= 0.6 is 11.3 Å². The third-order valence-corrected chi connectivity index (χ3v) is 10.9. The normalized spacial score (nSPS) is 30.5. The highest BCUT2D eigenvalue weighted by Crippen LogP contribution is 2.47. The zero-order chi connectivity index (χ0) is 25.6. The summed E-state index contributed by atoms with van der Waals surface area (Å²) < 4.78 is 0. The summed E-state index contributed by atoms with van der Waals surface area (Å²) >= 11 is 1.73. The van der Waals surface area contributed by atoms with E-state index < -0.39 is 0 Å². The Labute approximate surface area is 224 Å². The molecule has 1 unspecified atom stereocenters. The van der Waals surface area contributed by atoms with Crippen LogP contribution in [-0.2, 0) is 21.5 Å². The fraction of sp³-hybridized carbons (Fsp3) is 0.633. The number of piperidine rings is 1. The van der Waals surface area contributed by atoms with Crippen LogP contribution in [0.4, 0.5) is 0 Å². The second-order valence-electron chi connectivity index (χ2n) is 11.9. The van der Waals surface area contributed by atoms with Gasteiger partial charge in [-0.15, -0.1) is 11.3 Å². The number of carbonyl (C=O) groups is 2. The minimum Gasteiger partial charge on any atom is -0.339 e. The number of fused-ring (bicyclic) bond motifs is 2. The summed E-state index contributed by atoms with van der Waals surface area (Å²) in [6.45, 7) is 7.09. The van der Waals surface area contributed by atoms with E-state index in [-0.39, 0.29) is 17.2 Å². The number of likely N-dealkylation sites (tertiary alicyclic amines) is 1. The van der Waals surface area contributed by atoms with E-state index in [1.165, 1.54) is 42.5 Å². The van der Waals surface area contributed by atoms with Gasteiger partial charge in [-0.25, -0.2) is 4.98 Å². The molecule has 1 aromatic carbocycles. The van der Waals surface area contributed by atoms with Crippen LogP contribution in [0, 0.1) is 18.8 Å². The standard InChI is InChI=1S/C30H40N4O2S/c1-20-32-26-17-33(21(2)35)19-30(28(26)37-20)18-31-16-25(30)29(36)34-14-13-24(22-9-5-3-6-10-22)15-27(34)23-11-7-4-8-12-23/h3,5-6,9-10,23-25,27,31H,4,7-8,11-19H2,1-2H3/t24-,25?,27+,30+/m1/s1. The molecule has 0 radical (unpaired) electrons. The summed E-state index contributed by atoms with van der Waals surface area (Å²) in [5, 5.41) is 4.61. The fourth-order valence-corrected chi connectivity index (χ4v) is 8.95. The van der Waals surface area contributed by atoms with E-state index in [1.54, 1.807) is 18.3 Å². The number of nitrogens with zero attached hydrogens (tertiary/aromatic N) is 3. The quantitative estimate of drug-likeness (QED) is 0.641. The van der Waals surface area contributed by atoms with Crippen molar-refractivity contribution < 1.29 is 9.59 Å². The Hall–Kier alpha value is -2.25. The largest absolute Gasteiger partial charge is 0.339 e. The zero-order valence-corrected chi connectivity index (χ0v) is 23.1. The fourth-order valence-electron chi connectivity index (χ4n) is 7.79. The molecule has 198 valence electrons. The zero-order valence-electron chi connectivity index (χ0n) is 22.2. The third kappa shape index (κ3) is 4.52. The Morgan fingerprint density at radius 2 is 1.89 bits per heavy atom. The van der Waals surface area contributed by atoms with Crippen molar-refractivity contribution in [3.8, 4) is 0 Å². The van der Waals surface area contributed by atoms with Gasteiger partial charge < -0.3 is 15.1 Å². The van der Waals surface area contributed by atoms with Crippen molar-refractivity contribution in [1.29, 1.82) is 0 Å². The predicted molar refractivity (Wildman–Crippen MR) is 146 cm³/mol. The topological polar surface area (TPSA) is 65.5 Å². The van der Waals surface area contributed by atoms with Crippen molar-refractivity contribution in [3.63, 3.8) is 0 Å². The van der Waals surface area contributed by atoms with Crippen LogP contribution in [0.3, 0.4) is 0 Å². The average molecular weight is 521 g/mol. The van der Waals surface area contributed by atoms with Crippen molar-refractivity contribution >= 4 is 23.2 Å². The number of aromatic nitrogens is 1. The lowest BCUT2D eigenvalue weighted by molar-refractivity contribution is -0.144. The molecule has 6 nitrogen and oxygen atoms in total. The predicted octanol–water partition coefficient (Wildman–Crippen LogP) is 4.63. The summed E-state index contributed by atoms with van der Waals surface area (Å²) in [5.74, 6) is 1.32. The molecule has 2 aromatic rings. The molecule has 4 atom stereocenters. The molecule has 3 fully saturated rings. The summed E-state index contributed by atoms with van der Waals surface area (Å²) in [6.07, 6.45) is 8.45. The lowest BCUT2D eigenvalue weighted by atomic mass is 9.71. The van der Waals surface area contributed by atoms with Gasteiger partial charge in [0.25, 0.3) is 0 Å². The van der Waals surface area contributed by atoms with Gasteiger partial charge in [-0.3, -0.25) is 9.59 Å². The van der Waals surface area contributed by atoms with E-state index >= 15 is 0 Å². The van der Waals surface area contributed by atoms with Crippen LogP contribution in [0.2, 0.25) is 0 Å². The summed E-state index contributed by atoms with van der Waals surface area (Å²) in [4.78, 5) is 37.4. The van der Waals surface area contributed by atoms with Crippen LogP contribution in [0.25, 0.3) is 0 Å². The minimum absolute atomic E-state index is 0.0672. The number of rotatable bonds is 3. The van der Waals surface area contributed by atoms with Gasteiger partial charge in [-0.05, 0) is 50.0 Å². The second kappa shape index (κ2) is 10.1. The highest BCUT2D eigenvalue weighted by molar-refractivity contribution is 7.11. The van der Waals surface area contributed by atoms with Crippen LogP contribution < -0.4 is 5.32 Å². The molecule has 1 aliphatic carbocycles. The smallest absolute Gasteiger partial charge is 0.228 e. The highest BCUT2D eigenvalue weighted by atomic mass is 32.1. The molecule has 6 rings (SSSR count). The van der Waals surface area contributed by atoms with Crippen LogP contribution in [0.15, 0.2) is 30.3 Å². The summed E-state index contributed by atoms with van der Waals surface area (Å²) in [7, 11) is 0. The van der Waals surface area contributed by atoms with Gasteiger partial charge in [0, 0.05) is 49.4 Å². The van der Waals surface area contributed by atoms with Gasteiger partial charge in [0.05, 0.1) is 23.2 Å². The number of amides is 2. The van der Waals surface area contributed by atoms with Crippen molar-refractivity contribution in [2.75, 3.05) is 26.2 Å². The molecule has 1 N–H and O–H groups in total. The lowest BCUT2D eigenvalue weighted by Crippen LogP contribution is -2.58. The van der Waals surface area contributed by atoms with E-state index in [9.17, 15) is 9.59 Å². The molecule has 3 aliphatic heterocycles. The van der Waals surface area contributed by atoms with E-state index in [0.29, 0.717) is 43.4 Å². The van der Waals surface area contributed by atoms with E-state index in [2.05, 4.69) is 40.5 Å². The molecule has 1 spiro atoms. The molecule has 2 amide bonds. The molecule has 1 aromatic heterocycles. The highest BCUT2D eigenvalue weighted by Gasteiger charge is 2.55. The Morgan fingerprint density at radius 3 is 2.65 bits per heavy atom. The Kier molecular flexibility index (Phi) is 6.87. The first-order valence-corrected chi connectivity index (χ1v) is 15.1. The summed E-state index contributed by atoms with van der Waals surface area (Å²) in [6, 6.07) is 11.2. The average Bonchev–Trinajstić information content (AvgIpc) is 3.52. The first-order valence-electron chi connectivity index (χ1n) is 14.2. The van der Waals surface area contributed by atoms with Crippen molar-refractivity contribution in [2.24, 2.45) is 11.8 Å². The van der Waals surface area contributed by atoms with E-state index in [0.717, 1.165) is 36.6 Å². The van der Waals surface area contributed by atoms with E-state index in [1.807, 2.05) is 11.8 Å². The Balaban J connectivity index is 1.32. The van der Waals surface area contributed by atoms with Gasteiger partial charge >= 0.3 is 0 Å². The number of aryl methyl sites for hydroxylation is 1. The first-order chi connectivity index (χ1) is 18.0. The second-order valence-corrected chi connectivity index (χ2v) is 13.1. The first kappa shape index (κ1) is 25.1. The maximum absolute atomic E-state index is 14.6. The van der Waals surface area contributed by atoms with Gasteiger partial charge in [0.1, 0.15) is 0 Å². The minimum atomic E-state index is -0.379. The molecule has 1 saturated carbocycles. The number of hydrogen-bond acceptors (Lipinski definition) is 5. The van der Waals surface area contributed by atoms with Gasteiger partial charge in [-0.1, -0.05) is 49.6 Å². The Morgan fingerprint density at radius 1 is 1.11 bits per heavy atom. The van der Waals surface area contributed by atoms with E-state index in [4.69, 9.17) is 4.98 Å². The molecule has 2 saturated heterocycles. The monoisotopic (exact) mass is 520 g/mol. The van der Waals surface area contributed by atoms with Gasteiger partial charge in [0.2, 0.25) is 11.8 Å². The third-order valence-electron chi connectivity index (χ3n) is 9.66. The van der Waals surface area contributed by atoms with Crippen LogP contribution in [0.5, 0.6) is 0 Å². The van der Waals surface area contributed by atoms with Crippen LogP contribution in [0.1, 0.15) is 78.9 Å².